The van der Waals surface area contributed by atoms with Gasteiger partial charge in [-0.1, -0.05) is 11.6 Å². The van der Waals surface area contributed by atoms with Gasteiger partial charge in [0, 0.05) is 17.6 Å². The highest BCUT2D eigenvalue weighted by Gasteiger charge is 2.25. The molecule has 0 bridgehead atoms. The lowest BCUT2D eigenvalue weighted by Crippen LogP contribution is -2.25. The van der Waals surface area contributed by atoms with E-state index in [1.54, 1.807) is 6.07 Å². The fourth-order valence-corrected chi connectivity index (χ4v) is 3.85. The van der Waals surface area contributed by atoms with E-state index in [4.69, 9.17) is 11.6 Å². The Hall–Kier alpha value is -2.38. The van der Waals surface area contributed by atoms with Crippen LogP contribution in [0.3, 0.4) is 0 Å². The number of rotatable bonds is 2. The first kappa shape index (κ1) is 14.6. The maximum absolute atomic E-state index is 12.7. The summed E-state index contributed by atoms with van der Waals surface area (Å²) in [5, 5.41) is 21.3. The molecule has 2 aromatic heterocycles. The Labute approximate surface area is 130 Å². The van der Waals surface area contributed by atoms with Crippen LogP contribution >= 0.6 is 11.6 Å². The number of pyridine rings is 2. The van der Waals surface area contributed by atoms with Crippen LogP contribution in [0.25, 0.3) is 10.9 Å². The number of aromatic hydroxyl groups is 1. The zero-order valence-corrected chi connectivity index (χ0v) is 12.5. The van der Waals surface area contributed by atoms with Gasteiger partial charge in [0.15, 0.2) is 18.1 Å². The van der Waals surface area contributed by atoms with Crippen molar-refractivity contribution < 1.29 is 18.3 Å². The minimum Gasteiger partial charge on any atom is -0.619 e. The molecule has 0 aliphatic heterocycles. The molecule has 0 aliphatic carbocycles. The third-order valence-corrected chi connectivity index (χ3v) is 5.20. The number of aromatic nitrogens is 2. The molecule has 112 valence electrons. The van der Waals surface area contributed by atoms with Crippen LogP contribution in [0.2, 0.25) is 5.02 Å². The van der Waals surface area contributed by atoms with E-state index in [2.05, 4.69) is 4.98 Å². The standard InChI is InChI=1S/C14H9ClN2O4S/c15-11-7-12(10-4-1-5-16-13(10)14(11)18)22(20,21)9-3-2-6-17(19)8-9/h1-8,18H. The number of hydrogen-bond donors (Lipinski definition) is 1. The van der Waals surface area contributed by atoms with E-state index in [1.807, 2.05) is 0 Å². The number of benzene rings is 1. The first-order chi connectivity index (χ1) is 10.4. The average molecular weight is 337 g/mol. The largest absolute Gasteiger partial charge is 0.619 e. The van der Waals surface area contributed by atoms with Crippen molar-refractivity contribution >= 4 is 32.3 Å². The van der Waals surface area contributed by atoms with Crippen molar-refractivity contribution in [3.8, 4) is 5.75 Å². The van der Waals surface area contributed by atoms with Crippen molar-refractivity contribution in [1.82, 2.24) is 4.98 Å². The van der Waals surface area contributed by atoms with E-state index in [-0.39, 0.29) is 31.5 Å². The van der Waals surface area contributed by atoms with Gasteiger partial charge in [-0.3, -0.25) is 4.98 Å². The highest BCUT2D eigenvalue weighted by molar-refractivity contribution is 7.91. The molecule has 6 nitrogen and oxygen atoms in total. The molecule has 2 heterocycles. The van der Waals surface area contributed by atoms with Crippen molar-refractivity contribution in [2.75, 3.05) is 0 Å². The molecule has 0 atom stereocenters. The lowest BCUT2D eigenvalue weighted by Gasteiger charge is -2.10. The topological polar surface area (TPSA) is 94.2 Å². The minimum absolute atomic E-state index is 0.0829. The summed E-state index contributed by atoms with van der Waals surface area (Å²) in [4.78, 5) is 3.67. The number of sulfone groups is 1. The molecule has 0 aliphatic rings. The van der Waals surface area contributed by atoms with Crippen molar-refractivity contribution in [3.05, 3.63) is 59.2 Å². The second kappa shape index (κ2) is 5.11. The van der Waals surface area contributed by atoms with Gasteiger partial charge in [0.25, 0.3) is 0 Å². The van der Waals surface area contributed by atoms with E-state index < -0.39 is 9.84 Å². The molecule has 0 saturated carbocycles. The van der Waals surface area contributed by atoms with E-state index in [1.165, 1.54) is 30.6 Å². The summed E-state index contributed by atoms with van der Waals surface area (Å²) in [6, 6.07) is 6.86. The molecule has 1 aromatic carbocycles. The summed E-state index contributed by atoms with van der Waals surface area (Å²) < 4.78 is 25.9. The quantitative estimate of drug-likeness (QED) is 0.571. The van der Waals surface area contributed by atoms with Crippen LogP contribution in [0.1, 0.15) is 0 Å². The Bertz CT molecular complexity index is 989. The van der Waals surface area contributed by atoms with Gasteiger partial charge in [-0.2, -0.15) is 4.73 Å². The van der Waals surface area contributed by atoms with Gasteiger partial charge in [0.2, 0.25) is 9.84 Å². The van der Waals surface area contributed by atoms with Gasteiger partial charge in [0.1, 0.15) is 10.4 Å². The summed E-state index contributed by atoms with van der Waals surface area (Å²) in [7, 11) is -3.98. The van der Waals surface area contributed by atoms with Crippen LogP contribution in [0.4, 0.5) is 0 Å². The fourth-order valence-electron chi connectivity index (χ4n) is 2.11. The molecule has 0 fully saturated rings. The molecule has 0 amide bonds. The minimum atomic E-state index is -3.98. The number of phenolic OH excluding ortho intramolecular Hbond substituents is 1. The smallest absolute Gasteiger partial charge is 0.213 e. The monoisotopic (exact) mass is 336 g/mol. The van der Waals surface area contributed by atoms with E-state index in [0.29, 0.717) is 4.73 Å². The van der Waals surface area contributed by atoms with Crippen LogP contribution in [0, 0.1) is 5.21 Å². The molecule has 3 aromatic rings. The lowest BCUT2D eigenvalue weighted by atomic mass is 10.2. The normalized spacial score (nSPS) is 11.7. The second-order valence-electron chi connectivity index (χ2n) is 4.51. The fraction of sp³-hybridized carbons (Fsp3) is 0. The third kappa shape index (κ3) is 2.24. The Morgan fingerprint density at radius 1 is 1.27 bits per heavy atom. The predicted molar refractivity (Wildman–Crippen MR) is 79.3 cm³/mol. The molecule has 22 heavy (non-hydrogen) atoms. The van der Waals surface area contributed by atoms with Crippen LogP contribution in [-0.2, 0) is 9.84 Å². The van der Waals surface area contributed by atoms with Crippen LogP contribution < -0.4 is 4.73 Å². The van der Waals surface area contributed by atoms with Gasteiger partial charge in [-0.05, 0) is 24.3 Å². The van der Waals surface area contributed by atoms with Crippen LogP contribution in [0.5, 0.6) is 5.75 Å². The number of phenols is 1. The van der Waals surface area contributed by atoms with Gasteiger partial charge >= 0.3 is 0 Å². The van der Waals surface area contributed by atoms with Crippen LogP contribution in [-0.4, -0.2) is 18.5 Å². The Morgan fingerprint density at radius 2 is 2.05 bits per heavy atom. The SMILES string of the molecule is O=S(=O)(c1ccc[n+]([O-])c1)c1cc(Cl)c(O)c2ncccc12. The summed E-state index contributed by atoms with van der Waals surface area (Å²) in [6.07, 6.45) is 3.56. The summed E-state index contributed by atoms with van der Waals surface area (Å²) in [5.74, 6) is -0.289. The number of fused-ring (bicyclic) bond motifs is 1. The predicted octanol–water partition coefficient (Wildman–Crippen LogP) is 2.06. The third-order valence-electron chi connectivity index (χ3n) is 3.13. The molecule has 0 unspecified atom stereocenters. The Balaban J connectivity index is 2.37. The van der Waals surface area contributed by atoms with Gasteiger partial charge in [-0.25, -0.2) is 8.42 Å². The molecule has 0 saturated heterocycles. The Kier molecular flexibility index (Phi) is 3.38. The average Bonchev–Trinajstić information content (AvgIpc) is 2.51. The van der Waals surface area contributed by atoms with Crippen molar-refractivity contribution in [1.29, 1.82) is 0 Å². The van der Waals surface area contributed by atoms with Gasteiger partial charge in [0.05, 0.1) is 9.92 Å². The van der Waals surface area contributed by atoms with Crippen molar-refractivity contribution in [2.45, 2.75) is 9.79 Å². The zero-order valence-electron chi connectivity index (χ0n) is 11.0. The molecule has 0 spiro atoms. The Morgan fingerprint density at radius 3 is 2.77 bits per heavy atom. The maximum atomic E-state index is 12.7. The zero-order chi connectivity index (χ0) is 15.9. The van der Waals surface area contributed by atoms with Crippen molar-refractivity contribution in [3.63, 3.8) is 0 Å². The molecule has 3 rings (SSSR count). The molecular formula is C14H9ClN2O4S. The summed E-state index contributed by atoms with van der Waals surface area (Å²) in [5.41, 5.74) is 0.0829. The van der Waals surface area contributed by atoms with Crippen LogP contribution in [0.15, 0.2) is 58.7 Å². The molecular weight excluding hydrogens is 328 g/mol. The summed E-state index contributed by atoms with van der Waals surface area (Å²) in [6.45, 7) is 0. The molecule has 1 N–H and O–H groups in total. The van der Waals surface area contributed by atoms with Crippen molar-refractivity contribution in [2.24, 2.45) is 0 Å². The first-order valence-corrected chi connectivity index (χ1v) is 7.97. The summed E-state index contributed by atoms with van der Waals surface area (Å²) >= 11 is 5.90. The van der Waals surface area contributed by atoms with E-state index >= 15 is 0 Å². The highest BCUT2D eigenvalue weighted by atomic mass is 35.5. The van der Waals surface area contributed by atoms with Gasteiger partial charge < -0.3 is 10.3 Å². The highest BCUT2D eigenvalue weighted by Crippen LogP contribution is 2.37. The van der Waals surface area contributed by atoms with E-state index in [9.17, 15) is 18.7 Å². The second-order valence-corrected chi connectivity index (χ2v) is 6.83. The number of hydrogen-bond acceptors (Lipinski definition) is 5. The first-order valence-electron chi connectivity index (χ1n) is 6.11. The van der Waals surface area contributed by atoms with Gasteiger partial charge in [-0.15, -0.1) is 0 Å². The maximum Gasteiger partial charge on any atom is 0.213 e. The number of halogens is 1. The molecule has 8 heteroatoms. The van der Waals surface area contributed by atoms with E-state index in [0.717, 1.165) is 12.3 Å². The molecule has 0 radical (unpaired) electrons. The lowest BCUT2D eigenvalue weighted by molar-refractivity contribution is -0.607. The number of nitrogens with zero attached hydrogens (tertiary/aromatic N) is 2.